The molecule has 2 aromatic heterocycles. The summed E-state index contributed by atoms with van der Waals surface area (Å²) in [4.78, 5) is 43.0. The van der Waals surface area contributed by atoms with E-state index in [4.69, 9.17) is 14.6 Å². The van der Waals surface area contributed by atoms with Crippen LogP contribution in [0.4, 0.5) is 0 Å². The summed E-state index contributed by atoms with van der Waals surface area (Å²) < 4.78 is 13.3. The number of rotatable bonds is 14. The van der Waals surface area contributed by atoms with Crippen molar-refractivity contribution in [3.8, 4) is 5.75 Å². The van der Waals surface area contributed by atoms with Crippen LogP contribution in [0.1, 0.15) is 34.1 Å². The first-order valence-corrected chi connectivity index (χ1v) is 14.3. The number of aromatic nitrogens is 2. The Hall–Kier alpha value is -5.22. The number of benzene rings is 3. The van der Waals surface area contributed by atoms with Gasteiger partial charge in [-0.3, -0.25) is 4.79 Å². The third-order valence-corrected chi connectivity index (χ3v) is 7.44. The Morgan fingerprint density at radius 2 is 1.59 bits per heavy atom. The summed E-state index contributed by atoms with van der Waals surface area (Å²) in [6.07, 6.45) is 2.15. The van der Waals surface area contributed by atoms with Crippen LogP contribution in [-0.4, -0.2) is 62.2 Å². The van der Waals surface area contributed by atoms with Crippen molar-refractivity contribution in [1.82, 2.24) is 14.5 Å². The minimum Gasteiger partial charge on any atom is -0.489 e. The molecule has 1 amide bonds. The number of nitrogens with zero attached hydrogens (tertiary/aromatic N) is 3. The molecular formula is C34H33N3O7. The fourth-order valence-electron chi connectivity index (χ4n) is 5.30. The fraction of sp³-hybridized carbons (Fsp3) is 0.235. The van der Waals surface area contributed by atoms with Gasteiger partial charge in [0.1, 0.15) is 25.5 Å². The Balaban J connectivity index is 1.55. The number of amides is 1. The van der Waals surface area contributed by atoms with E-state index in [0.717, 1.165) is 11.1 Å². The van der Waals surface area contributed by atoms with Crippen molar-refractivity contribution in [3.05, 3.63) is 107 Å². The number of likely N-dealkylation sites (N-methyl/N-ethyl adjacent to an activating group) is 1. The maximum absolute atomic E-state index is 13.7. The quantitative estimate of drug-likeness (QED) is 0.180. The molecule has 226 valence electrons. The van der Waals surface area contributed by atoms with Crippen molar-refractivity contribution in [2.75, 3.05) is 19.7 Å². The first-order valence-electron chi connectivity index (χ1n) is 14.3. The SMILES string of the molecule is CCN(CCc1ccccc1)C(=O)Cn1c2ccc(OCc3ccccc3)cc2c2c(COCC(=O)O)c(C(=O)O)ncc21. The number of fused-ring (bicyclic) bond motifs is 3. The highest BCUT2D eigenvalue weighted by atomic mass is 16.5. The van der Waals surface area contributed by atoms with Gasteiger partial charge in [-0.2, -0.15) is 0 Å². The smallest absolute Gasteiger partial charge is 0.354 e. The standard InChI is InChI=1S/C34H33N3O7/c1-2-36(16-15-23-9-5-3-6-10-23)30(38)19-37-28-14-13-25(44-20-24-11-7-4-8-12-24)17-26(28)32-27(21-43-22-31(39)40)33(34(41)42)35-18-29(32)37/h3-14,17-18H,2,15-16,19-22H2,1H3,(H,39,40)(H,41,42). The van der Waals surface area contributed by atoms with Crippen LogP contribution >= 0.6 is 0 Å². The van der Waals surface area contributed by atoms with Crippen LogP contribution in [0.3, 0.4) is 0 Å². The summed E-state index contributed by atoms with van der Waals surface area (Å²) >= 11 is 0. The van der Waals surface area contributed by atoms with Crippen LogP contribution in [0, 0.1) is 0 Å². The highest BCUT2D eigenvalue weighted by molar-refractivity contribution is 6.12. The molecule has 0 atom stereocenters. The molecule has 0 saturated carbocycles. The van der Waals surface area contributed by atoms with Crippen LogP contribution in [0.25, 0.3) is 21.8 Å². The van der Waals surface area contributed by atoms with Gasteiger partial charge in [0.25, 0.3) is 0 Å². The zero-order valence-electron chi connectivity index (χ0n) is 24.3. The summed E-state index contributed by atoms with van der Waals surface area (Å²) in [5.74, 6) is -2.00. The van der Waals surface area contributed by atoms with E-state index in [0.29, 0.717) is 53.7 Å². The highest BCUT2D eigenvalue weighted by Gasteiger charge is 2.24. The fourth-order valence-corrected chi connectivity index (χ4v) is 5.30. The molecule has 0 fully saturated rings. The first-order chi connectivity index (χ1) is 21.4. The lowest BCUT2D eigenvalue weighted by Crippen LogP contribution is -2.35. The second-order valence-electron chi connectivity index (χ2n) is 10.3. The van der Waals surface area contributed by atoms with Gasteiger partial charge in [0.05, 0.1) is 18.3 Å². The molecule has 2 heterocycles. The molecule has 0 spiro atoms. The number of ether oxygens (including phenoxy) is 2. The van der Waals surface area contributed by atoms with E-state index in [-0.39, 0.29) is 30.3 Å². The number of carbonyl (C=O) groups excluding carboxylic acids is 1. The molecule has 10 nitrogen and oxygen atoms in total. The van der Waals surface area contributed by atoms with Gasteiger partial charge in [0, 0.05) is 34.9 Å². The molecule has 5 aromatic rings. The molecule has 2 N–H and O–H groups in total. The normalized spacial score (nSPS) is 11.1. The molecule has 0 radical (unpaired) electrons. The van der Waals surface area contributed by atoms with Crippen molar-refractivity contribution in [2.24, 2.45) is 0 Å². The molecule has 0 bridgehead atoms. The van der Waals surface area contributed by atoms with Gasteiger partial charge in [-0.15, -0.1) is 0 Å². The third-order valence-electron chi connectivity index (χ3n) is 7.44. The van der Waals surface area contributed by atoms with E-state index >= 15 is 0 Å². The summed E-state index contributed by atoms with van der Waals surface area (Å²) in [5.41, 5.74) is 3.31. The van der Waals surface area contributed by atoms with Crippen molar-refractivity contribution in [3.63, 3.8) is 0 Å². The van der Waals surface area contributed by atoms with Crippen molar-refractivity contribution >= 4 is 39.7 Å². The first kappa shape index (κ1) is 30.2. The van der Waals surface area contributed by atoms with E-state index in [2.05, 4.69) is 4.98 Å². The van der Waals surface area contributed by atoms with E-state index in [1.165, 1.54) is 6.20 Å². The van der Waals surface area contributed by atoms with Gasteiger partial charge in [0.15, 0.2) is 5.69 Å². The Kier molecular flexibility index (Phi) is 9.51. The number of pyridine rings is 1. The number of aliphatic carboxylic acids is 1. The molecule has 0 aliphatic carbocycles. The molecule has 0 aliphatic heterocycles. The molecule has 0 aliphatic rings. The minimum atomic E-state index is -1.27. The predicted molar refractivity (Wildman–Crippen MR) is 165 cm³/mol. The molecule has 5 rings (SSSR count). The number of carboxylic acids is 2. The maximum atomic E-state index is 13.7. The largest absolute Gasteiger partial charge is 0.489 e. The van der Waals surface area contributed by atoms with Gasteiger partial charge in [0.2, 0.25) is 5.91 Å². The zero-order chi connectivity index (χ0) is 31.1. The number of hydrogen-bond acceptors (Lipinski definition) is 6. The average Bonchev–Trinajstić information content (AvgIpc) is 3.33. The monoisotopic (exact) mass is 595 g/mol. The van der Waals surface area contributed by atoms with E-state index in [1.807, 2.05) is 84.3 Å². The van der Waals surface area contributed by atoms with Gasteiger partial charge >= 0.3 is 11.9 Å². The van der Waals surface area contributed by atoms with Crippen LogP contribution in [-0.2, 0) is 40.5 Å². The molecule has 0 unspecified atom stereocenters. The molecule has 3 aromatic carbocycles. The Bertz CT molecular complexity index is 1790. The van der Waals surface area contributed by atoms with Gasteiger partial charge < -0.3 is 29.2 Å². The topological polar surface area (TPSA) is 131 Å². The summed E-state index contributed by atoms with van der Waals surface area (Å²) in [6, 6.07) is 25.1. The lowest BCUT2D eigenvalue weighted by Gasteiger charge is -2.22. The van der Waals surface area contributed by atoms with E-state index < -0.39 is 18.5 Å². The average molecular weight is 596 g/mol. The van der Waals surface area contributed by atoms with Gasteiger partial charge in [-0.25, -0.2) is 14.6 Å². The van der Waals surface area contributed by atoms with Crippen molar-refractivity contribution < 1.29 is 34.1 Å². The van der Waals surface area contributed by atoms with Crippen LogP contribution in [0.2, 0.25) is 0 Å². The van der Waals surface area contributed by atoms with Crippen LogP contribution in [0.15, 0.2) is 85.1 Å². The number of carboxylic acid groups (broad SMARTS) is 2. The summed E-state index contributed by atoms with van der Waals surface area (Å²) in [7, 11) is 0. The second kappa shape index (κ2) is 13.8. The summed E-state index contributed by atoms with van der Waals surface area (Å²) in [5, 5.41) is 20.2. The third kappa shape index (κ3) is 6.87. The maximum Gasteiger partial charge on any atom is 0.354 e. The summed E-state index contributed by atoms with van der Waals surface area (Å²) in [6.45, 7) is 2.43. The number of aromatic carboxylic acids is 1. The van der Waals surface area contributed by atoms with Gasteiger partial charge in [-0.05, 0) is 42.7 Å². The minimum absolute atomic E-state index is 0.00360. The van der Waals surface area contributed by atoms with Crippen LogP contribution < -0.4 is 4.74 Å². The van der Waals surface area contributed by atoms with Crippen molar-refractivity contribution in [1.29, 1.82) is 0 Å². The molecule has 0 saturated heterocycles. The Morgan fingerprint density at radius 1 is 0.886 bits per heavy atom. The molecule has 10 heteroatoms. The molecule has 44 heavy (non-hydrogen) atoms. The van der Waals surface area contributed by atoms with E-state index in [1.54, 1.807) is 11.0 Å². The van der Waals surface area contributed by atoms with Gasteiger partial charge in [-0.1, -0.05) is 60.7 Å². The van der Waals surface area contributed by atoms with E-state index in [9.17, 15) is 19.5 Å². The highest BCUT2D eigenvalue weighted by Crippen LogP contribution is 2.35. The predicted octanol–water partition coefficient (Wildman–Crippen LogP) is 5.16. The Morgan fingerprint density at radius 3 is 2.25 bits per heavy atom. The lowest BCUT2D eigenvalue weighted by atomic mass is 10.1. The Labute approximate surface area is 254 Å². The second-order valence-corrected chi connectivity index (χ2v) is 10.3. The molecular weight excluding hydrogens is 562 g/mol. The van der Waals surface area contributed by atoms with Crippen molar-refractivity contribution in [2.45, 2.75) is 33.1 Å². The zero-order valence-corrected chi connectivity index (χ0v) is 24.3. The van der Waals surface area contributed by atoms with Crippen LogP contribution in [0.5, 0.6) is 5.75 Å². The lowest BCUT2D eigenvalue weighted by molar-refractivity contribution is -0.142. The number of carbonyl (C=O) groups is 3. The number of hydrogen-bond donors (Lipinski definition) is 2.